The number of rotatable bonds is 35. The lowest BCUT2D eigenvalue weighted by Gasteiger charge is -2.09. The van der Waals surface area contributed by atoms with Gasteiger partial charge in [-0.15, -0.1) is 0 Å². The number of aliphatic hydroxyl groups is 1. The minimum absolute atomic E-state index is 0.0262. The van der Waals surface area contributed by atoms with Gasteiger partial charge < -0.3 is 57.2 Å². The van der Waals surface area contributed by atoms with Crippen molar-refractivity contribution < 1.29 is 57.2 Å². The largest absolute Gasteiger partial charge is 0.394 e. The van der Waals surface area contributed by atoms with Crippen LogP contribution in [0.5, 0.6) is 0 Å². The Hall–Kier alpha value is -0.560. The second-order valence-electron chi connectivity index (χ2n) is 7.41. The third kappa shape index (κ3) is 35.4. The number of hydrogen-bond acceptors (Lipinski definition) is 14. The van der Waals surface area contributed by atoms with Crippen LogP contribution in [0.15, 0.2) is 0 Å². The Bertz CT molecular complexity index is 381. The molecule has 14 heteroatoms. The Morgan fingerprint density at radius 2 is 0.500 bits per heavy atom. The highest BCUT2D eigenvalue weighted by atomic mass is 16.6. The van der Waals surface area contributed by atoms with Crippen LogP contribution < -0.4 is 11.3 Å². The van der Waals surface area contributed by atoms with Crippen LogP contribution in [0.4, 0.5) is 0 Å². The molecule has 0 aromatic carbocycles. The molecule has 0 bridgehead atoms. The SMILES string of the molecule is NNCCOCCOCCOCCOCCOCCOCCOCCOCCOCCOCCOCCO. The lowest BCUT2D eigenvalue weighted by atomic mass is 10.6. The first-order valence-electron chi connectivity index (χ1n) is 13.3. The predicted octanol–water partition coefficient (Wildman–Crippen LogP) is -1.38. The molecule has 0 aliphatic rings. The van der Waals surface area contributed by atoms with Gasteiger partial charge in [-0.2, -0.15) is 0 Å². The molecule has 0 spiro atoms. The van der Waals surface area contributed by atoms with Gasteiger partial charge in [0.1, 0.15) is 0 Å². The summed E-state index contributed by atoms with van der Waals surface area (Å²) in [6, 6.07) is 0. The average molecular weight is 561 g/mol. The van der Waals surface area contributed by atoms with Crippen LogP contribution in [0.25, 0.3) is 0 Å². The number of nitrogens with two attached hydrogens (primary N) is 1. The Kier molecular flexibility index (Phi) is 35.9. The van der Waals surface area contributed by atoms with Gasteiger partial charge in [0, 0.05) is 6.54 Å². The van der Waals surface area contributed by atoms with E-state index in [0.717, 1.165) is 0 Å². The molecule has 0 aromatic heterocycles. The minimum Gasteiger partial charge on any atom is -0.394 e. The molecule has 0 aliphatic heterocycles. The number of ether oxygens (including phenoxy) is 11. The van der Waals surface area contributed by atoms with Crippen molar-refractivity contribution in [3.63, 3.8) is 0 Å². The van der Waals surface area contributed by atoms with Crippen molar-refractivity contribution in [3.8, 4) is 0 Å². The molecule has 0 heterocycles. The fourth-order valence-corrected chi connectivity index (χ4v) is 2.50. The molecule has 0 saturated carbocycles. The van der Waals surface area contributed by atoms with Gasteiger partial charge in [-0.05, 0) is 0 Å². The van der Waals surface area contributed by atoms with Crippen LogP contribution in [0.2, 0.25) is 0 Å². The van der Waals surface area contributed by atoms with Crippen molar-refractivity contribution in [1.82, 2.24) is 5.43 Å². The summed E-state index contributed by atoms with van der Waals surface area (Å²) in [5.74, 6) is 5.13. The molecule has 0 fully saturated rings. The Labute approximate surface area is 227 Å². The third-order valence-corrected chi connectivity index (χ3v) is 4.35. The zero-order chi connectivity index (χ0) is 27.5. The predicted molar refractivity (Wildman–Crippen MR) is 138 cm³/mol. The molecule has 0 unspecified atom stereocenters. The van der Waals surface area contributed by atoms with Crippen LogP contribution in [0.1, 0.15) is 0 Å². The maximum atomic E-state index is 8.56. The van der Waals surface area contributed by atoms with E-state index in [1.54, 1.807) is 0 Å². The van der Waals surface area contributed by atoms with Gasteiger partial charge in [0.25, 0.3) is 0 Å². The summed E-state index contributed by atoms with van der Waals surface area (Å²) in [5, 5.41) is 8.56. The maximum absolute atomic E-state index is 8.56. The second kappa shape index (κ2) is 36.4. The first kappa shape index (κ1) is 37.4. The van der Waals surface area contributed by atoms with E-state index in [4.69, 9.17) is 63.1 Å². The van der Waals surface area contributed by atoms with Gasteiger partial charge in [0.05, 0.1) is 152 Å². The Morgan fingerprint density at radius 3 is 0.684 bits per heavy atom. The molecule has 38 heavy (non-hydrogen) atoms. The van der Waals surface area contributed by atoms with Crippen molar-refractivity contribution in [3.05, 3.63) is 0 Å². The fourth-order valence-electron chi connectivity index (χ4n) is 2.50. The smallest absolute Gasteiger partial charge is 0.0701 e. The zero-order valence-electron chi connectivity index (χ0n) is 23.0. The molecule has 0 saturated heterocycles. The van der Waals surface area contributed by atoms with Gasteiger partial charge in [-0.3, -0.25) is 11.3 Å². The topological polar surface area (TPSA) is 160 Å². The minimum atomic E-state index is 0.0262. The normalized spacial score (nSPS) is 11.5. The Balaban J connectivity index is 3.01. The van der Waals surface area contributed by atoms with Gasteiger partial charge in [0.15, 0.2) is 0 Å². The summed E-state index contributed by atoms with van der Waals surface area (Å²) < 4.78 is 59.0. The summed E-state index contributed by atoms with van der Waals surface area (Å²) in [6.45, 7) is 11.8. The summed E-state index contributed by atoms with van der Waals surface area (Å²) in [5.41, 5.74) is 2.52. The molecule has 0 aromatic rings. The van der Waals surface area contributed by atoms with E-state index in [9.17, 15) is 0 Å². The highest BCUT2D eigenvalue weighted by Gasteiger charge is 1.96. The molecule has 0 amide bonds. The van der Waals surface area contributed by atoms with Crippen LogP contribution in [0, 0.1) is 0 Å². The van der Waals surface area contributed by atoms with Crippen molar-refractivity contribution in [2.75, 3.05) is 159 Å². The molecule has 4 N–H and O–H groups in total. The van der Waals surface area contributed by atoms with Crippen LogP contribution in [-0.4, -0.2) is 164 Å². The highest BCUT2D eigenvalue weighted by Crippen LogP contribution is 1.87. The zero-order valence-corrected chi connectivity index (χ0v) is 23.0. The van der Waals surface area contributed by atoms with E-state index in [-0.39, 0.29) is 6.61 Å². The van der Waals surface area contributed by atoms with Crippen LogP contribution >= 0.6 is 0 Å². The fraction of sp³-hybridized carbons (Fsp3) is 1.00. The van der Waals surface area contributed by atoms with E-state index in [2.05, 4.69) is 5.43 Å². The van der Waals surface area contributed by atoms with Crippen molar-refractivity contribution in [2.45, 2.75) is 0 Å². The highest BCUT2D eigenvalue weighted by molar-refractivity contribution is 4.39. The first-order chi connectivity index (χ1) is 18.9. The van der Waals surface area contributed by atoms with Crippen molar-refractivity contribution >= 4 is 0 Å². The molecular weight excluding hydrogens is 508 g/mol. The monoisotopic (exact) mass is 560 g/mol. The second-order valence-corrected chi connectivity index (χ2v) is 7.41. The number of nitrogens with one attached hydrogen (secondary N) is 1. The number of hydrazine groups is 1. The molecule has 230 valence electrons. The maximum Gasteiger partial charge on any atom is 0.0701 e. The summed E-state index contributed by atoms with van der Waals surface area (Å²) in [7, 11) is 0. The van der Waals surface area contributed by atoms with Crippen LogP contribution in [0.3, 0.4) is 0 Å². The lowest BCUT2D eigenvalue weighted by Crippen LogP contribution is -2.26. The first-order valence-corrected chi connectivity index (χ1v) is 13.3. The van der Waals surface area contributed by atoms with E-state index in [1.165, 1.54) is 0 Å². The summed E-state index contributed by atoms with van der Waals surface area (Å²) >= 11 is 0. The van der Waals surface area contributed by atoms with E-state index in [1.807, 2.05) is 0 Å². The van der Waals surface area contributed by atoms with E-state index < -0.39 is 0 Å². The lowest BCUT2D eigenvalue weighted by molar-refractivity contribution is -0.0277. The van der Waals surface area contributed by atoms with Crippen LogP contribution in [-0.2, 0) is 52.1 Å². The molecule has 14 nitrogen and oxygen atoms in total. The van der Waals surface area contributed by atoms with Crippen molar-refractivity contribution in [2.24, 2.45) is 5.84 Å². The van der Waals surface area contributed by atoms with E-state index in [0.29, 0.717) is 152 Å². The quantitative estimate of drug-likeness (QED) is 0.0473. The molecular formula is C24H52N2O12. The summed E-state index contributed by atoms with van der Waals surface area (Å²) in [6.07, 6.45) is 0. The van der Waals surface area contributed by atoms with Gasteiger partial charge >= 0.3 is 0 Å². The van der Waals surface area contributed by atoms with E-state index >= 15 is 0 Å². The molecule has 0 atom stereocenters. The molecule has 0 aliphatic carbocycles. The van der Waals surface area contributed by atoms with Gasteiger partial charge in [0.2, 0.25) is 0 Å². The Morgan fingerprint density at radius 1 is 0.316 bits per heavy atom. The van der Waals surface area contributed by atoms with Gasteiger partial charge in [-0.1, -0.05) is 0 Å². The number of aliphatic hydroxyl groups excluding tert-OH is 1. The summed E-state index contributed by atoms with van der Waals surface area (Å²) in [4.78, 5) is 0. The molecule has 0 rings (SSSR count). The third-order valence-electron chi connectivity index (χ3n) is 4.35. The molecule has 0 radical (unpaired) electrons. The van der Waals surface area contributed by atoms with Crippen molar-refractivity contribution in [1.29, 1.82) is 0 Å². The average Bonchev–Trinajstić information content (AvgIpc) is 2.93. The standard InChI is InChI=1S/C24H52N2O12/c25-26-1-3-28-5-7-30-9-11-32-13-15-34-17-19-36-21-23-38-24-22-37-20-18-35-16-14-33-12-10-31-8-6-29-4-2-27/h26-27H,1-25H2. The van der Waals surface area contributed by atoms with Gasteiger partial charge in [-0.25, -0.2) is 0 Å². The number of hydrogen-bond donors (Lipinski definition) is 3.